The Labute approximate surface area is 138 Å². The summed E-state index contributed by atoms with van der Waals surface area (Å²) in [6.07, 6.45) is 0. The van der Waals surface area contributed by atoms with Gasteiger partial charge in [-0.2, -0.15) is 0 Å². The van der Waals surface area contributed by atoms with Gasteiger partial charge in [0, 0.05) is 18.2 Å². The SMILES string of the molecule is CN(C(=O)c1ccc(Cl)c(Cl)c1)c1ccccc1C(N)=S. The maximum Gasteiger partial charge on any atom is 0.258 e. The lowest BCUT2D eigenvalue weighted by atomic mass is 10.1. The van der Waals surface area contributed by atoms with E-state index in [1.807, 2.05) is 12.1 Å². The molecule has 0 fully saturated rings. The molecule has 2 N–H and O–H groups in total. The van der Waals surface area contributed by atoms with Crippen molar-refractivity contribution >= 4 is 52.0 Å². The van der Waals surface area contributed by atoms with Crippen LogP contribution in [-0.2, 0) is 0 Å². The van der Waals surface area contributed by atoms with Gasteiger partial charge in [0.05, 0.1) is 15.7 Å². The van der Waals surface area contributed by atoms with E-state index in [9.17, 15) is 4.79 Å². The van der Waals surface area contributed by atoms with Crippen LogP contribution in [0.5, 0.6) is 0 Å². The van der Waals surface area contributed by atoms with Gasteiger partial charge in [0.15, 0.2) is 0 Å². The van der Waals surface area contributed by atoms with Crippen molar-refractivity contribution in [2.45, 2.75) is 0 Å². The second kappa shape index (κ2) is 6.43. The highest BCUT2D eigenvalue weighted by atomic mass is 35.5. The molecule has 0 spiro atoms. The number of carbonyl (C=O) groups is 1. The van der Waals surface area contributed by atoms with Crippen LogP contribution in [0.1, 0.15) is 15.9 Å². The number of nitrogens with zero attached hydrogens (tertiary/aromatic N) is 1. The second-order valence-electron chi connectivity index (χ2n) is 4.37. The zero-order chi connectivity index (χ0) is 15.6. The van der Waals surface area contributed by atoms with E-state index in [1.165, 1.54) is 11.0 Å². The van der Waals surface area contributed by atoms with Gasteiger partial charge in [-0.15, -0.1) is 0 Å². The van der Waals surface area contributed by atoms with Crippen molar-refractivity contribution < 1.29 is 4.79 Å². The fourth-order valence-corrected chi connectivity index (χ4v) is 2.38. The first-order valence-corrected chi connectivity index (χ1v) is 7.20. The summed E-state index contributed by atoms with van der Waals surface area (Å²) in [4.78, 5) is 14.2. The number of amides is 1. The maximum atomic E-state index is 12.5. The fraction of sp³-hybridized carbons (Fsp3) is 0.0667. The van der Waals surface area contributed by atoms with Gasteiger partial charge in [-0.05, 0) is 30.3 Å². The van der Waals surface area contributed by atoms with Gasteiger partial charge in [0.25, 0.3) is 5.91 Å². The molecule has 0 aliphatic carbocycles. The number of thiocarbonyl (C=S) groups is 1. The van der Waals surface area contributed by atoms with E-state index >= 15 is 0 Å². The highest BCUT2D eigenvalue weighted by Gasteiger charge is 2.17. The van der Waals surface area contributed by atoms with Gasteiger partial charge in [0.2, 0.25) is 0 Å². The number of anilines is 1. The quantitative estimate of drug-likeness (QED) is 0.863. The van der Waals surface area contributed by atoms with Gasteiger partial charge < -0.3 is 10.6 Å². The number of rotatable bonds is 3. The number of carbonyl (C=O) groups excluding carboxylic acids is 1. The van der Waals surface area contributed by atoms with Crippen LogP contribution in [0.25, 0.3) is 0 Å². The Morgan fingerprint density at radius 1 is 1.14 bits per heavy atom. The lowest BCUT2D eigenvalue weighted by Gasteiger charge is -2.20. The van der Waals surface area contributed by atoms with Crippen molar-refractivity contribution in [1.82, 2.24) is 0 Å². The van der Waals surface area contributed by atoms with Crippen molar-refractivity contribution in [3.05, 3.63) is 63.6 Å². The summed E-state index contributed by atoms with van der Waals surface area (Å²) < 4.78 is 0. The molecular formula is C15H12Cl2N2OS. The number of benzene rings is 2. The molecule has 0 radical (unpaired) electrons. The summed E-state index contributed by atoms with van der Waals surface area (Å²) in [5.41, 5.74) is 7.41. The summed E-state index contributed by atoms with van der Waals surface area (Å²) >= 11 is 16.8. The molecule has 0 aliphatic heterocycles. The van der Waals surface area contributed by atoms with Crippen LogP contribution in [0, 0.1) is 0 Å². The average Bonchev–Trinajstić information content (AvgIpc) is 2.48. The topological polar surface area (TPSA) is 46.3 Å². The van der Waals surface area contributed by atoms with Crippen molar-refractivity contribution in [2.24, 2.45) is 5.73 Å². The minimum atomic E-state index is -0.225. The Kier molecular flexibility index (Phi) is 4.83. The average molecular weight is 339 g/mol. The van der Waals surface area contributed by atoms with E-state index in [1.54, 1.807) is 31.3 Å². The van der Waals surface area contributed by atoms with Gasteiger partial charge in [-0.1, -0.05) is 47.6 Å². The van der Waals surface area contributed by atoms with E-state index in [2.05, 4.69) is 0 Å². The third kappa shape index (κ3) is 3.35. The third-order valence-corrected chi connectivity index (χ3v) is 3.96. The largest absolute Gasteiger partial charge is 0.389 e. The van der Waals surface area contributed by atoms with Crippen molar-refractivity contribution in [3.8, 4) is 0 Å². The van der Waals surface area contributed by atoms with Crippen molar-refractivity contribution in [1.29, 1.82) is 0 Å². The fourth-order valence-electron chi connectivity index (χ4n) is 1.91. The molecule has 0 bridgehead atoms. The highest BCUT2D eigenvalue weighted by molar-refractivity contribution is 7.80. The predicted molar refractivity (Wildman–Crippen MR) is 91.5 cm³/mol. The molecule has 3 nitrogen and oxygen atoms in total. The summed E-state index contributed by atoms with van der Waals surface area (Å²) in [6, 6.07) is 11.9. The zero-order valence-corrected chi connectivity index (χ0v) is 13.5. The Morgan fingerprint density at radius 3 is 2.43 bits per heavy atom. The van der Waals surface area contributed by atoms with Gasteiger partial charge in [-0.3, -0.25) is 4.79 Å². The van der Waals surface area contributed by atoms with E-state index in [0.717, 1.165) is 0 Å². The highest BCUT2D eigenvalue weighted by Crippen LogP contribution is 2.25. The molecule has 0 saturated carbocycles. The van der Waals surface area contributed by atoms with Crippen LogP contribution in [-0.4, -0.2) is 17.9 Å². The molecule has 21 heavy (non-hydrogen) atoms. The monoisotopic (exact) mass is 338 g/mol. The Bertz CT molecular complexity index is 719. The number of para-hydroxylation sites is 1. The minimum absolute atomic E-state index is 0.225. The molecule has 108 valence electrons. The third-order valence-electron chi connectivity index (χ3n) is 3.00. The lowest BCUT2D eigenvalue weighted by Crippen LogP contribution is -2.28. The molecule has 6 heteroatoms. The van der Waals surface area contributed by atoms with E-state index in [4.69, 9.17) is 41.2 Å². The number of halogens is 2. The molecule has 1 amide bonds. The molecular weight excluding hydrogens is 327 g/mol. The number of nitrogens with two attached hydrogens (primary N) is 1. The molecule has 2 rings (SSSR count). The van der Waals surface area contributed by atoms with Crippen LogP contribution in [0.3, 0.4) is 0 Å². The molecule has 0 atom stereocenters. The maximum absolute atomic E-state index is 12.5. The normalized spacial score (nSPS) is 10.2. The summed E-state index contributed by atoms with van der Waals surface area (Å²) in [5.74, 6) is -0.225. The van der Waals surface area contributed by atoms with Crippen LogP contribution >= 0.6 is 35.4 Å². The number of hydrogen-bond acceptors (Lipinski definition) is 2. The van der Waals surface area contributed by atoms with Crippen LogP contribution in [0.2, 0.25) is 10.0 Å². The van der Waals surface area contributed by atoms with Gasteiger partial charge in [0.1, 0.15) is 4.99 Å². The molecule has 0 saturated heterocycles. The first kappa shape index (κ1) is 15.8. The molecule has 2 aromatic rings. The second-order valence-corrected chi connectivity index (χ2v) is 5.63. The molecule has 0 aromatic heterocycles. The molecule has 2 aromatic carbocycles. The molecule has 0 unspecified atom stereocenters. The minimum Gasteiger partial charge on any atom is -0.389 e. The van der Waals surface area contributed by atoms with Crippen LogP contribution in [0.4, 0.5) is 5.69 Å². The van der Waals surface area contributed by atoms with Gasteiger partial charge in [-0.25, -0.2) is 0 Å². The first-order chi connectivity index (χ1) is 9.91. The van der Waals surface area contributed by atoms with Crippen molar-refractivity contribution in [3.63, 3.8) is 0 Å². The van der Waals surface area contributed by atoms with Crippen LogP contribution < -0.4 is 10.6 Å². The van der Waals surface area contributed by atoms with Gasteiger partial charge >= 0.3 is 0 Å². The Hall–Kier alpha value is -1.62. The molecule has 0 heterocycles. The predicted octanol–water partition coefficient (Wildman–Crippen LogP) is 3.90. The first-order valence-electron chi connectivity index (χ1n) is 6.03. The number of hydrogen-bond donors (Lipinski definition) is 1. The molecule has 0 aliphatic rings. The van der Waals surface area contributed by atoms with Crippen LogP contribution in [0.15, 0.2) is 42.5 Å². The Morgan fingerprint density at radius 2 is 1.81 bits per heavy atom. The van der Waals surface area contributed by atoms with E-state index in [-0.39, 0.29) is 10.9 Å². The van der Waals surface area contributed by atoms with E-state index < -0.39 is 0 Å². The van der Waals surface area contributed by atoms with Crippen molar-refractivity contribution in [2.75, 3.05) is 11.9 Å². The van der Waals surface area contributed by atoms with E-state index in [0.29, 0.717) is 26.9 Å². The zero-order valence-electron chi connectivity index (χ0n) is 11.1. The summed E-state index contributed by atoms with van der Waals surface area (Å²) in [7, 11) is 1.65. The Balaban J connectivity index is 2.40. The lowest BCUT2D eigenvalue weighted by molar-refractivity contribution is 0.0993. The standard InChI is InChI=1S/C15H12Cl2N2OS/c1-19(13-5-3-2-4-10(13)14(18)21)15(20)9-6-7-11(16)12(17)8-9/h2-8H,1H3,(H2,18,21). The smallest absolute Gasteiger partial charge is 0.258 e. The summed E-state index contributed by atoms with van der Waals surface area (Å²) in [6.45, 7) is 0. The summed E-state index contributed by atoms with van der Waals surface area (Å²) in [5, 5.41) is 0.734.